The number of hydrogen-bond donors (Lipinski definition) is 1. The quantitative estimate of drug-likeness (QED) is 0.805. The van der Waals surface area contributed by atoms with Gasteiger partial charge in [-0.15, -0.1) is 0 Å². The van der Waals surface area contributed by atoms with Crippen LogP contribution in [0.1, 0.15) is 23.6 Å². The minimum atomic E-state index is 0.611. The molecule has 0 aromatic heterocycles. The first-order valence-corrected chi connectivity index (χ1v) is 7.31. The Balaban J connectivity index is 1.87. The monoisotopic (exact) mass is 285 g/mol. The molecule has 0 aliphatic rings. The van der Waals surface area contributed by atoms with E-state index in [0.717, 1.165) is 24.4 Å². The highest BCUT2D eigenvalue weighted by atomic mass is 16.5. The molecule has 1 N–H and O–H groups in total. The van der Waals surface area contributed by atoms with Crippen LogP contribution in [0.25, 0.3) is 0 Å². The second-order valence-corrected chi connectivity index (χ2v) is 4.89. The van der Waals surface area contributed by atoms with Gasteiger partial charge in [-0.3, -0.25) is 0 Å². The Morgan fingerprint density at radius 2 is 1.62 bits per heavy atom. The average molecular weight is 285 g/mol. The highest BCUT2D eigenvalue weighted by Gasteiger charge is 2.02. The van der Waals surface area contributed by atoms with Gasteiger partial charge >= 0.3 is 0 Å². The molecule has 0 spiro atoms. The molecule has 112 valence electrons. The van der Waals surface area contributed by atoms with Gasteiger partial charge in [-0.25, -0.2) is 0 Å². The van der Waals surface area contributed by atoms with Gasteiger partial charge < -0.3 is 14.8 Å². The van der Waals surface area contributed by atoms with E-state index >= 15 is 0 Å². The molecule has 0 atom stereocenters. The van der Waals surface area contributed by atoms with Crippen LogP contribution in [-0.4, -0.2) is 13.7 Å². The smallest absolute Gasteiger partial charge is 0.118 e. The van der Waals surface area contributed by atoms with Gasteiger partial charge in [0, 0.05) is 6.54 Å². The zero-order valence-corrected chi connectivity index (χ0v) is 12.8. The first-order valence-electron chi connectivity index (χ1n) is 7.31. The summed E-state index contributed by atoms with van der Waals surface area (Å²) in [5.41, 5.74) is 3.70. The van der Waals surface area contributed by atoms with E-state index in [9.17, 15) is 0 Å². The summed E-state index contributed by atoms with van der Waals surface area (Å²) in [6, 6.07) is 16.4. The van der Waals surface area contributed by atoms with Crippen LogP contribution in [0.2, 0.25) is 0 Å². The van der Waals surface area contributed by atoms with Gasteiger partial charge in [-0.1, -0.05) is 43.3 Å². The van der Waals surface area contributed by atoms with E-state index in [2.05, 4.69) is 36.5 Å². The maximum Gasteiger partial charge on any atom is 0.118 e. The van der Waals surface area contributed by atoms with E-state index in [-0.39, 0.29) is 0 Å². The summed E-state index contributed by atoms with van der Waals surface area (Å²) >= 11 is 0. The minimum absolute atomic E-state index is 0.611. The van der Waals surface area contributed by atoms with Gasteiger partial charge in [0.1, 0.15) is 5.75 Å². The summed E-state index contributed by atoms with van der Waals surface area (Å²) in [6.07, 6.45) is 0. The lowest BCUT2D eigenvalue weighted by molar-refractivity contribution is 0.106. The highest BCUT2D eigenvalue weighted by molar-refractivity contribution is 5.28. The molecule has 0 fully saturated rings. The van der Waals surface area contributed by atoms with Crippen LogP contribution < -0.4 is 10.1 Å². The van der Waals surface area contributed by atoms with Crippen molar-refractivity contribution in [2.75, 3.05) is 13.7 Å². The molecule has 0 aliphatic carbocycles. The van der Waals surface area contributed by atoms with Crippen molar-refractivity contribution < 1.29 is 9.47 Å². The van der Waals surface area contributed by atoms with E-state index in [0.29, 0.717) is 13.2 Å². The van der Waals surface area contributed by atoms with E-state index < -0.39 is 0 Å². The van der Waals surface area contributed by atoms with Crippen molar-refractivity contribution in [3.05, 3.63) is 65.2 Å². The van der Waals surface area contributed by atoms with Gasteiger partial charge in [0.15, 0.2) is 0 Å². The molecule has 0 saturated carbocycles. The van der Waals surface area contributed by atoms with Crippen LogP contribution in [0.15, 0.2) is 48.5 Å². The topological polar surface area (TPSA) is 30.5 Å². The normalized spacial score (nSPS) is 10.6. The summed E-state index contributed by atoms with van der Waals surface area (Å²) in [4.78, 5) is 0. The molecule has 2 aromatic rings. The summed E-state index contributed by atoms with van der Waals surface area (Å²) in [6.45, 7) is 5.22. The third-order valence-corrected chi connectivity index (χ3v) is 3.37. The fourth-order valence-electron chi connectivity index (χ4n) is 2.13. The van der Waals surface area contributed by atoms with Crippen molar-refractivity contribution in [2.45, 2.75) is 26.7 Å². The predicted octanol–water partition coefficient (Wildman–Crippen LogP) is 3.52. The van der Waals surface area contributed by atoms with Gasteiger partial charge in [0.25, 0.3) is 0 Å². The Hall–Kier alpha value is -1.84. The molecule has 0 amide bonds. The van der Waals surface area contributed by atoms with Crippen LogP contribution in [0.5, 0.6) is 5.75 Å². The molecule has 0 bridgehead atoms. The lowest BCUT2D eigenvalue weighted by Crippen LogP contribution is -2.13. The van der Waals surface area contributed by atoms with Crippen molar-refractivity contribution in [3.63, 3.8) is 0 Å². The van der Waals surface area contributed by atoms with Crippen LogP contribution in [0.3, 0.4) is 0 Å². The Morgan fingerprint density at radius 1 is 0.905 bits per heavy atom. The molecular formula is C18H23NO2. The highest BCUT2D eigenvalue weighted by Crippen LogP contribution is 2.14. The predicted molar refractivity (Wildman–Crippen MR) is 85.3 cm³/mol. The van der Waals surface area contributed by atoms with Crippen LogP contribution in [-0.2, 0) is 24.5 Å². The van der Waals surface area contributed by atoms with Crippen molar-refractivity contribution in [3.8, 4) is 5.75 Å². The molecule has 0 saturated heterocycles. The third kappa shape index (κ3) is 4.88. The molecule has 3 heteroatoms. The summed E-state index contributed by atoms with van der Waals surface area (Å²) in [5, 5.41) is 3.36. The second-order valence-electron chi connectivity index (χ2n) is 4.89. The summed E-state index contributed by atoms with van der Waals surface area (Å²) in [5.74, 6) is 0.870. The Bertz CT molecular complexity index is 537. The molecule has 3 nitrogen and oxygen atoms in total. The molecule has 21 heavy (non-hydrogen) atoms. The van der Waals surface area contributed by atoms with Crippen LogP contribution in [0, 0.1) is 0 Å². The van der Waals surface area contributed by atoms with Gasteiger partial charge in [0.2, 0.25) is 0 Å². The fraction of sp³-hybridized carbons (Fsp3) is 0.333. The van der Waals surface area contributed by atoms with Crippen molar-refractivity contribution >= 4 is 0 Å². The average Bonchev–Trinajstić information content (AvgIpc) is 2.54. The van der Waals surface area contributed by atoms with Gasteiger partial charge in [-0.05, 0) is 35.4 Å². The number of methoxy groups -OCH3 is 1. The second kappa shape index (κ2) is 8.45. The summed E-state index contributed by atoms with van der Waals surface area (Å²) in [7, 11) is 1.67. The molecular weight excluding hydrogens is 262 g/mol. The van der Waals surface area contributed by atoms with Crippen LogP contribution in [0.4, 0.5) is 0 Å². The minimum Gasteiger partial charge on any atom is -0.497 e. The maximum absolute atomic E-state index is 5.83. The molecule has 0 heterocycles. The van der Waals surface area contributed by atoms with Crippen molar-refractivity contribution in [1.82, 2.24) is 5.32 Å². The van der Waals surface area contributed by atoms with Gasteiger partial charge in [0.05, 0.1) is 20.3 Å². The largest absolute Gasteiger partial charge is 0.497 e. The lowest BCUT2D eigenvalue weighted by Gasteiger charge is -2.11. The van der Waals surface area contributed by atoms with Crippen molar-refractivity contribution in [1.29, 1.82) is 0 Å². The zero-order valence-electron chi connectivity index (χ0n) is 12.8. The number of hydrogen-bond acceptors (Lipinski definition) is 3. The number of nitrogens with one attached hydrogen (secondary N) is 1. The maximum atomic E-state index is 5.83. The van der Waals surface area contributed by atoms with E-state index in [4.69, 9.17) is 9.47 Å². The first-order chi connectivity index (χ1) is 10.3. The van der Waals surface area contributed by atoms with E-state index in [1.165, 1.54) is 11.1 Å². The standard InChI is InChI=1S/C18H23NO2/c1-3-19-12-16-6-4-5-7-17(16)14-21-13-15-8-10-18(20-2)11-9-15/h4-11,19H,3,12-14H2,1-2H3. The molecule has 2 rings (SSSR count). The number of ether oxygens (including phenoxy) is 2. The SMILES string of the molecule is CCNCc1ccccc1COCc1ccc(OC)cc1. The molecule has 0 radical (unpaired) electrons. The lowest BCUT2D eigenvalue weighted by atomic mass is 10.1. The first kappa shape index (κ1) is 15.5. The zero-order chi connectivity index (χ0) is 14.9. The van der Waals surface area contributed by atoms with Crippen LogP contribution >= 0.6 is 0 Å². The third-order valence-electron chi connectivity index (χ3n) is 3.37. The Labute approximate surface area is 126 Å². The van der Waals surface area contributed by atoms with E-state index in [1.54, 1.807) is 7.11 Å². The Morgan fingerprint density at radius 3 is 2.29 bits per heavy atom. The van der Waals surface area contributed by atoms with E-state index in [1.807, 2.05) is 24.3 Å². The Kier molecular flexibility index (Phi) is 6.25. The van der Waals surface area contributed by atoms with Gasteiger partial charge in [-0.2, -0.15) is 0 Å². The fourth-order valence-corrected chi connectivity index (χ4v) is 2.13. The van der Waals surface area contributed by atoms with Crippen molar-refractivity contribution in [2.24, 2.45) is 0 Å². The number of benzene rings is 2. The molecule has 0 unspecified atom stereocenters. The number of rotatable bonds is 8. The summed E-state index contributed by atoms with van der Waals surface area (Å²) < 4.78 is 11.0. The molecule has 2 aromatic carbocycles. The molecule has 0 aliphatic heterocycles.